The van der Waals surface area contributed by atoms with Gasteiger partial charge in [0.05, 0.1) is 25.5 Å². The van der Waals surface area contributed by atoms with Crippen LogP contribution >= 0.6 is 0 Å². The van der Waals surface area contributed by atoms with E-state index in [4.69, 9.17) is 14.6 Å². The van der Waals surface area contributed by atoms with E-state index in [0.29, 0.717) is 0 Å². The Bertz CT molecular complexity index is 667. The first-order chi connectivity index (χ1) is 9.49. The average Bonchev–Trinajstić information content (AvgIpc) is 2.80. The third-order valence-corrected chi connectivity index (χ3v) is 2.86. The lowest BCUT2D eigenvalue weighted by atomic mass is 10.1. The number of aromatic carboxylic acids is 1. The van der Waals surface area contributed by atoms with Gasteiger partial charge < -0.3 is 14.6 Å². The Balaban J connectivity index is 2.70. The fraction of sp³-hybridized carbons (Fsp3) is 0.231. The van der Waals surface area contributed by atoms with Crippen molar-refractivity contribution in [2.24, 2.45) is 7.05 Å². The summed E-state index contributed by atoms with van der Waals surface area (Å²) in [7, 11) is 4.28. The number of carboxylic acids is 1. The van der Waals surface area contributed by atoms with Crippen LogP contribution in [0.2, 0.25) is 0 Å². The number of nitrogens with zero attached hydrogens (tertiary/aromatic N) is 2. The molecular weight excluding hydrogens is 267 g/mol. The molecule has 0 fully saturated rings. The minimum atomic E-state index is -1.19. The second-order valence-electron chi connectivity index (χ2n) is 4.00. The zero-order valence-electron chi connectivity index (χ0n) is 11.2. The molecule has 0 atom stereocenters. The second kappa shape index (κ2) is 5.20. The third-order valence-electron chi connectivity index (χ3n) is 2.86. The third kappa shape index (κ3) is 2.18. The van der Waals surface area contributed by atoms with Gasteiger partial charge in [-0.15, -0.1) is 0 Å². The summed E-state index contributed by atoms with van der Waals surface area (Å²) in [5.74, 6) is -1.51. The number of aromatic nitrogens is 2. The van der Waals surface area contributed by atoms with E-state index in [-0.39, 0.29) is 28.5 Å². The number of rotatable bonds is 4. The number of aryl methyl sites for hydroxylation is 1. The molecule has 0 unspecified atom stereocenters. The van der Waals surface area contributed by atoms with Crippen molar-refractivity contribution in [2.45, 2.75) is 0 Å². The van der Waals surface area contributed by atoms with Crippen molar-refractivity contribution in [3.8, 4) is 22.8 Å². The molecule has 1 aromatic carbocycles. The van der Waals surface area contributed by atoms with Crippen LogP contribution < -0.4 is 9.47 Å². The van der Waals surface area contributed by atoms with Crippen molar-refractivity contribution in [2.75, 3.05) is 14.2 Å². The van der Waals surface area contributed by atoms with Gasteiger partial charge in [-0.25, -0.2) is 9.18 Å². The van der Waals surface area contributed by atoms with Crippen LogP contribution in [-0.4, -0.2) is 35.1 Å². The number of methoxy groups -OCH3 is 2. The summed E-state index contributed by atoms with van der Waals surface area (Å²) in [6.45, 7) is 0. The van der Waals surface area contributed by atoms with Crippen molar-refractivity contribution in [1.29, 1.82) is 0 Å². The summed E-state index contributed by atoms with van der Waals surface area (Å²) < 4.78 is 25.7. The van der Waals surface area contributed by atoms with E-state index < -0.39 is 11.8 Å². The van der Waals surface area contributed by atoms with Gasteiger partial charge in [-0.1, -0.05) is 0 Å². The fourth-order valence-corrected chi connectivity index (χ4v) is 1.91. The van der Waals surface area contributed by atoms with E-state index in [9.17, 15) is 9.18 Å². The molecule has 1 aromatic heterocycles. The lowest BCUT2D eigenvalue weighted by Crippen LogP contribution is -2.01. The predicted molar refractivity (Wildman–Crippen MR) is 68.7 cm³/mol. The predicted octanol–water partition coefficient (Wildman–Crippen LogP) is 1.94. The molecule has 0 amide bonds. The number of halogens is 1. The normalized spacial score (nSPS) is 10.4. The quantitative estimate of drug-likeness (QED) is 0.926. The maximum Gasteiger partial charge on any atom is 0.356 e. The first-order valence-corrected chi connectivity index (χ1v) is 5.67. The van der Waals surface area contributed by atoms with Gasteiger partial charge >= 0.3 is 5.97 Å². The molecule has 0 radical (unpaired) electrons. The number of ether oxygens (including phenoxy) is 2. The molecule has 0 saturated heterocycles. The van der Waals surface area contributed by atoms with Crippen LogP contribution in [0.25, 0.3) is 11.3 Å². The number of hydrogen-bond acceptors (Lipinski definition) is 4. The number of carboxylic acid groups (broad SMARTS) is 1. The molecular formula is C13H13FN2O4. The van der Waals surface area contributed by atoms with Crippen LogP contribution in [0.4, 0.5) is 4.39 Å². The van der Waals surface area contributed by atoms with Crippen LogP contribution in [-0.2, 0) is 7.05 Å². The van der Waals surface area contributed by atoms with E-state index in [0.717, 1.165) is 0 Å². The molecule has 0 aliphatic heterocycles. The van der Waals surface area contributed by atoms with Crippen LogP contribution in [0, 0.1) is 5.82 Å². The first-order valence-electron chi connectivity index (χ1n) is 5.67. The van der Waals surface area contributed by atoms with Crippen molar-refractivity contribution in [3.05, 3.63) is 29.7 Å². The Morgan fingerprint density at radius 3 is 2.40 bits per heavy atom. The van der Waals surface area contributed by atoms with E-state index in [1.54, 1.807) is 6.07 Å². The summed E-state index contributed by atoms with van der Waals surface area (Å²) in [4.78, 5) is 10.9. The largest absolute Gasteiger partial charge is 0.496 e. The van der Waals surface area contributed by atoms with Crippen molar-refractivity contribution in [1.82, 2.24) is 9.78 Å². The van der Waals surface area contributed by atoms with Crippen molar-refractivity contribution >= 4 is 5.97 Å². The molecule has 0 saturated carbocycles. The molecule has 0 aliphatic carbocycles. The minimum Gasteiger partial charge on any atom is -0.496 e. The number of carbonyl (C=O) groups is 1. The van der Waals surface area contributed by atoms with Crippen LogP contribution in [0.3, 0.4) is 0 Å². The monoisotopic (exact) mass is 280 g/mol. The minimum absolute atomic E-state index is 0.0406. The molecule has 2 rings (SSSR count). The maximum absolute atomic E-state index is 14.4. The van der Waals surface area contributed by atoms with Gasteiger partial charge in [0.15, 0.2) is 17.3 Å². The molecule has 1 heterocycles. The summed E-state index contributed by atoms with van der Waals surface area (Å²) in [6, 6.07) is 4.26. The van der Waals surface area contributed by atoms with Crippen LogP contribution in [0.1, 0.15) is 10.5 Å². The molecule has 1 N–H and O–H groups in total. The van der Waals surface area contributed by atoms with Crippen molar-refractivity contribution < 1.29 is 23.8 Å². The van der Waals surface area contributed by atoms with Gasteiger partial charge in [0.1, 0.15) is 5.75 Å². The topological polar surface area (TPSA) is 73.6 Å². The molecule has 0 bridgehead atoms. The standard InChI is InChI=1S/C13H13FN2O4/c1-16-8(6-7(15-16)13(17)18)11-9(19-2)4-5-10(20-3)12(11)14/h4-6H,1-3H3,(H,17,18). The van der Waals surface area contributed by atoms with Crippen molar-refractivity contribution in [3.63, 3.8) is 0 Å². The summed E-state index contributed by atoms with van der Waals surface area (Å²) in [5.41, 5.74) is 0.219. The van der Waals surface area contributed by atoms with Crippen LogP contribution in [0.15, 0.2) is 18.2 Å². The second-order valence-corrected chi connectivity index (χ2v) is 4.00. The molecule has 106 valence electrons. The highest BCUT2D eigenvalue weighted by Crippen LogP contribution is 2.37. The van der Waals surface area contributed by atoms with Gasteiger partial charge in [0.25, 0.3) is 0 Å². The Morgan fingerprint density at radius 2 is 1.90 bits per heavy atom. The lowest BCUT2D eigenvalue weighted by Gasteiger charge is -2.12. The molecule has 2 aromatic rings. The van der Waals surface area contributed by atoms with Gasteiger partial charge in [0, 0.05) is 7.05 Å². The van der Waals surface area contributed by atoms with E-state index in [1.807, 2.05) is 0 Å². The zero-order valence-corrected chi connectivity index (χ0v) is 11.2. The van der Waals surface area contributed by atoms with Gasteiger partial charge in [-0.05, 0) is 18.2 Å². The maximum atomic E-state index is 14.4. The summed E-state index contributed by atoms with van der Waals surface area (Å²) in [5, 5.41) is 12.8. The molecule has 6 nitrogen and oxygen atoms in total. The van der Waals surface area contributed by atoms with E-state index in [2.05, 4.69) is 5.10 Å². The van der Waals surface area contributed by atoms with E-state index in [1.165, 1.54) is 38.1 Å². The summed E-state index contributed by atoms with van der Waals surface area (Å²) in [6.07, 6.45) is 0. The van der Waals surface area contributed by atoms with Gasteiger partial charge in [0.2, 0.25) is 0 Å². The Labute approximate surface area is 114 Å². The number of benzene rings is 1. The molecule has 0 aliphatic rings. The highest BCUT2D eigenvalue weighted by atomic mass is 19.1. The Hall–Kier alpha value is -2.57. The number of hydrogen-bond donors (Lipinski definition) is 1. The Morgan fingerprint density at radius 1 is 1.30 bits per heavy atom. The Kier molecular flexibility index (Phi) is 3.60. The molecule has 7 heteroatoms. The average molecular weight is 280 g/mol. The van der Waals surface area contributed by atoms with Crippen LogP contribution in [0.5, 0.6) is 11.5 Å². The summed E-state index contributed by atoms with van der Waals surface area (Å²) >= 11 is 0. The van der Waals surface area contributed by atoms with Gasteiger partial charge in [-0.3, -0.25) is 4.68 Å². The highest BCUT2D eigenvalue weighted by Gasteiger charge is 2.21. The van der Waals surface area contributed by atoms with E-state index >= 15 is 0 Å². The van der Waals surface area contributed by atoms with Gasteiger partial charge in [-0.2, -0.15) is 5.10 Å². The first kappa shape index (κ1) is 13.9. The SMILES string of the molecule is COc1ccc(OC)c(-c2cc(C(=O)O)nn2C)c1F. The molecule has 20 heavy (non-hydrogen) atoms. The highest BCUT2D eigenvalue weighted by molar-refractivity contribution is 5.87. The molecule has 0 spiro atoms. The smallest absolute Gasteiger partial charge is 0.356 e. The zero-order chi connectivity index (χ0) is 14.9. The fourth-order valence-electron chi connectivity index (χ4n) is 1.91. The lowest BCUT2D eigenvalue weighted by molar-refractivity contribution is 0.0689.